The Bertz CT molecular complexity index is 600. The molecule has 2 rings (SSSR count). The lowest BCUT2D eigenvalue weighted by molar-refractivity contribution is -0.117. The summed E-state index contributed by atoms with van der Waals surface area (Å²) in [6.45, 7) is 3.80. The average molecular weight is 311 g/mol. The van der Waals surface area contributed by atoms with Gasteiger partial charge < -0.3 is 11.1 Å². The Morgan fingerprint density at radius 1 is 1.48 bits per heavy atom. The Balaban J connectivity index is 0.00000220. The van der Waals surface area contributed by atoms with E-state index in [9.17, 15) is 4.79 Å². The fourth-order valence-corrected chi connectivity index (χ4v) is 1.86. The molecule has 7 nitrogen and oxygen atoms in total. The van der Waals surface area contributed by atoms with Crippen molar-refractivity contribution in [2.24, 2.45) is 5.73 Å². The number of aryl methyl sites for hydroxylation is 1. The molecule has 1 atom stereocenters. The van der Waals surface area contributed by atoms with Crippen molar-refractivity contribution in [2.75, 3.05) is 5.32 Å². The second kappa shape index (κ2) is 7.70. The number of rotatable bonds is 5. The third-order valence-corrected chi connectivity index (χ3v) is 2.92. The summed E-state index contributed by atoms with van der Waals surface area (Å²) >= 11 is 0. The Morgan fingerprint density at radius 3 is 2.86 bits per heavy atom. The smallest absolute Gasteiger partial charge is 0.241 e. The predicted molar refractivity (Wildman–Crippen MR) is 82.7 cm³/mol. The predicted octanol–water partition coefficient (Wildman–Crippen LogP) is 1.46. The molecule has 2 aromatic rings. The molecule has 1 aromatic carbocycles. The Kier molecular flexibility index (Phi) is 6.26. The van der Waals surface area contributed by atoms with Gasteiger partial charge in [-0.25, -0.2) is 0 Å². The largest absolute Gasteiger partial charge is 0.325 e. The van der Waals surface area contributed by atoms with Crippen LogP contribution in [0.1, 0.15) is 25.6 Å². The SMILES string of the molecule is CCCC(N)C(=O)Nc1cccc(-n2nnnc2C)c1.Cl. The molecule has 0 aliphatic rings. The Morgan fingerprint density at radius 2 is 2.24 bits per heavy atom. The molecule has 1 heterocycles. The van der Waals surface area contributed by atoms with Crippen LogP contribution >= 0.6 is 12.4 Å². The molecule has 0 bridgehead atoms. The third-order valence-electron chi connectivity index (χ3n) is 2.92. The number of amides is 1. The summed E-state index contributed by atoms with van der Waals surface area (Å²) < 4.78 is 1.60. The van der Waals surface area contributed by atoms with Crippen molar-refractivity contribution in [2.45, 2.75) is 32.7 Å². The molecule has 0 aliphatic heterocycles. The van der Waals surface area contributed by atoms with E-state index in [0.717, 1.165) is 12.1 Å². The lowest BCUT2D eigenvalue weighted by Crippen LogP contribution is -2.35. The quantitative estimate of drug-likeness (QED) is 0.871. The minimum absolute atomic E-state index is 0. The van der Waals surface area contributed by atoms with Crippen molar-refractivity contribution in [3.8, 4) is 5.69 Å². The van der Waals surface area contributed by atoms with Crippen molar-refractivity contribution >= 4 is 24.0 Å². The van der Waals surface area contributed by atoms with E-state index in [1.807, 2.05) is 26.0 Å². The monoisotopic (exact) mass is 310 g/mol. The van der Waals surface area contributed by atoms with Crippen molar-refractivity contribution < 1.29 is 4.79 Å². The van der Waals surface area contributed by atoms with Crippen molar-refractivity contribution in [3.63, 3.8) is 0 Å². The van der Waals surface area contributed by atoms with Gasteiger partial charge in [-0.3, -0.25) is 4.79 Å². The van der Waals surface area contributed by atoms with Crippen LogP contribution in [0.15, 0.2) is 24.3 Å². The van der Waals surface area contributed by atoms with E-state index in [0.29, 0.717) is 17.9 Å². The highest BCUT2D eigenvalue weighted by molar-refractivity contribution is 5.94. The molecule has 0 spiro atoms. The van der Waals surface area contributed by atoms with Gasteiger partial charge in [-0.1, -0.05) is 19.4 Å². The summed E-state index contributed by atoms with van der Waals surface area (Å²) in [6, 6.07) is 6.82. The number of nitrogens with two attached hydrogens (primary N) is 1. The van der Waals surface area contributed by atoms with Crippen molar-refractivity contribution in [1.29, 1.82) is 0 Å². The standard InChI is InChI=1S/C13H18N6O.ClH/c1-3-5-12(14)13(20)15-10-6-4-7-11(8-10)19-9(2)16-17-18-19;/h4,6-8,12H,3,5,14H2,1-2H3,(H,15,20);1H. The molecule has 1 unspecified atom stereocenters. The summed E-state index contributed by atoms with van der Waals surface area (Å²) in [7, 11) is 0. The fourth-order valence-electron chi connectivity index (χ4n) is 1.86. The van der Waals surface area contributed by atoms with Gasteiger partial charge in [-0.05, 0) is 42.0 Å². The molecule has 0 aliphatic carbocycles. The summed E-state index contributed by atoms with van der Waals surface area (Å²) in [4.78, 5) is 11.9. The van der Waals surface area contributed by atoms with Crippen LogP contribution in [0.5, 0.6) is 0 Å². The van der Waals surface area contributed by atoms with Gasteiger partial charge in [0.25, 0.3) is 0 Å². The summed E-state index contributed by atoms with van der Waals surface area (Å²) in [5.41, 5.74) is 7.24. The third kappa shape index (κ3) is 4.24. The number of hydrogen-bond donors (Lipinski definition) is 2. The lowest BCUT2D eigenvalue weighted by atomic mass is 10.1. The molecule has 0 saturated heterocycles. The van der Waals surface area contributed by atoms with E-state index in [2.05, 4.69) is 20.8 Å². The summed E-state index contributed by atoms with van der Waals surface area (Å²) in [5, 5.41) is 14.1. The number of carbonyl (C=O) groups excluding carboxylic acids is 1. The maximum absolute atomic E-state index is 11.9. The molecular weight excluding hydrogens is 292 g/mol. The normalized spacial score (nSPS) is 11.6. The van der Waals surface area contributed by atoms with E-state index >= 15 is 0 Å². The first kappa shape index (κ1) is 17.1. The van der Waals surface area contributed by atoms with E-state index in [-0.39, 0.29) is 18.3 Å². The summed E-state index contributed by atoms with van der Waals surface area (Å²) in [6.07, 6.45) is 1.54. The van der Waals surface area contributed by atoms with Gasteiger partial charge in [0, 0.05) is 5.69 Å². The second-order valence-corrected chi connectivity index (χ2v) is 4.57. The molecule has 1 aromatic heterocycles. The molecular formula is C13H19ClN6O. The minimum Gasteiger partial charge on any atom is -0.325 e. The van der Waals surface area contributed by atoms with Crippen molar-refractivity contribution in [1.82, 2.24) is 20.2 Å². The Hall–Kier alpha value is -1.99. The first-order valence-electron chi connectivity index (χ1n) is 6.53. The zero-order valence-corrected chi connectivity index (χ0v) is 12.8. The van der Waals surface area contributed by atoms with Crippen LogP contribution in [-0.2, 0) is 4.79 Å². The maximum Gasteiger partial charge on any atom is 0.241 e. The van der Waals surface area contributed by atoms with Crippen LogP contribution < -0.4 is 11.1 Å². The number of hydrogen-bond acceptors (Lipinski definition) is 5. The number of carbonyl (C=O) groups is 1. The number of nitrogens with one attached hydrogen (secondary N) is 1. The van der Waals surface area contributed by atoms with Gasteiger partial charge in [0.15, 0.2) is 5.82 Å². The highest BCUT2D eigenvalue weighted by Crippen LogP contribution is 2.15. The first-order valence-corrected chi connectivity index (χ1v) is 6.53. The van der Waals surface area contributed by atoms with Gasteiger partial charge in [0.05, 0.1) is 11.7 Å². The van der Waals surface area contributed by atoms with Crippen LogP contribution in [0.4, 0.5) is 5.69 Å². The van der Waals surface area contributed by atoms with E-state index in [4.69, 9.17) is 5.73 Å². The van der Waals surface area contributed by atoms with Crippen LogP contribution in [0.3, 0.4) is 0 Å². The van der Waals surface area contributed by atoms with Crippen LogP contribution in [0.2, 0.25) is 0 Å². The highest BCUT2D eigenvalue weighted by atomic mass is 35.5. The van der Waals surface area contributed by atoms with E-state index in [1.165, 1.54) is 0 Å². The number of aromatic nitrogens is 4. The zero-order valence-electron chi connectivity index (χ0n) is 12.0. The van der Waals surface area contributed by atoms with Crippen LogP contribution in [0, 0.1) is 6.92 Å². The van der Waals surface area contributed by atoms with Crippen LogP contribution in [-0.4, -0.2) is 32.2 Å². The number of anilines is 1. The molecule has 21 heavy (non-hydrogen) atoms. The maximum atomic E-state index is 11.9. The molecule has 114 valence electrons. The molecule has 1 amide bonds. The second-order valence-electron chi connectivity index (χ2n) is 4.57. The van der Waals surface area contributed by atoms with Gasteiger partial charge in [0.1, 0.15) is 0 Å². The van der Waals surface area contributed by atoms with Gasteiger partial charge in [-0.15, -0.1) is 17.5 Å². The van der Waals surface area contributed by atoms with Crippen LogP contribution in [0.25, 0.3) is 5.69 Å². The number of halogens is 1. The molecule has 0 saturated carbocycles. The van der Waals surface area contributed by atoms with E-state index in [1.54, 1.807) is 16.8 Å². The molecule has 8 heteroatoms. The van der Waals surface area contributed by atoms with Crippen molar-refractivity contribution in [3.05, 3.63) is 30.1 Å². The lowest BCUT2D eigenvalue weighted by Gasteiger charge is -2.12. The number of nitrogens with zero attached hydrogens (tertiary/aromatic N) is 4. The van der Waals surface area contributed by atoms with Gasteiger partial charge >= 0.3 is 0 Å². The topological polar surface area (TPSA) is 98.7 Å². The highest BCUT2D eigenvalue weighted by Gasteiger charge is 2.13. The first-order chi connectivity index (χ1) is 9.61. The van der Waals surface area contributed by atoms with E-state index < -0.39 is 6.04 Å². The summed E-state index contributed by atoms with van der Waals surface area (Å²) in [5.74, 6) is 0.494. The molecule has 3 N–H and O–H groups in total. The fraction of sp³-hybridized carbons (Fsp3) is 0.385. The molecule has 0 radical (unpaired) electrons. The number of tetrazole rings is 1. The minimum atomic E-state index is -0.488. The Labute approximate surface area is 129 Å². The average Bonchev–Trinajstić information content (AvgIpc) is 2.85. The molecule has 0 fully saturated rings. The van der Waals surface area contributed by atoms with Gasteiger partial charge in [0.2, 0.25) is 5.91 Å². The number of benzene rings is 1. The van der Waals surface area contributed by atoms with Gasteiger partial charge in [-0.2, -0.15) is 4.68 Å². The zero-order chi connectivity index (χ0) is 14.5.